The van der Waals surface area contributed by atoms with Gasteiger partial charge in [0.05, 0.1) is 0 Å². The molecule has 0 aromatic heterocycles. The van der Waals surface area contributed by atoms with Gasteiger partial charge in [-0.25, -0.2) is 4.39 Å². The van der Waals surface area contributed by atoms with E-state index in [1.165, 1.54) is 11.6 Å². The Morgan fingerprint density at radius 2 is 1.85 bits per heavy atom. The Labute approximate surface area is 119 Å². The van der Waals surface area contributed by atoms with Gasteiger partial charge in [0.1, 0.15) is 11.6 Å². The van der Waals surface area contributed by atoms with Crippen LogP contribution in [0.3, 0.4) is 0 Å². The van der Waals surface area contributed by atoms with E-state index in [4.69, 9.17) is 0 Å². The van der Waals surface area contributed by atoms with Crippen LogP contribution in [0.2, 0.25) is 0 Å². The number of rotatable bonds is 6. The van der Waals surface area contributed by atoms with Crippen molar-refractivity contribution < 1.29 is 9.50 Å². The summed E-state index contributed by atoms with van der Waals surface area (Å²) in [6.45, 7) is 2.95. The molecule has 0 aliphatic rings. The molecule has 1 unspecified atom stereocenters. The molecule has 0 spiro atoms. The van der Waals surface area contributed by atoms with E-state index >= 15 is 0 Å². The van der Waals surface area contributed by atoms with Crippen molar-refractivity contribution in [2.45, 2.75) is 25.8 Å². The van der Waals surface area contributed by atoms with Crippen LogP contribution in [-0.2, 0) is 12.8 Å². The Kier molecular flexibility index (Phi) is 5.13. The average molecular weight is 273 g/mol. The summed E-state index contributed by atoms with van der Waals surface area (Å²) in [6.07, 6.45) is 1.72. The summed E-state index contributed by atoms with van der Waals surface area (Å²) in [5, 5.41) is 12.7. The molecule has 1 atom stereocenters. The van der Waals surface area contributed by atoms with Gasteiger partial charge >= 0.3 is 0 Å². The molecule has 0 saturated carbocycles. The van der Waals surface area contributed by atoms with Crippen molar-refractivity contribution >= 4 is 0 Å². The molecule has 2 aromatic rings. The van der Waals surface area contributed by atoms with Gasteiger partial charge in [0.2, 0.25) is 0 Å². The minimum absolute atomic E-state index is 0.181. The fourth-order valence-corrected chi connectivity index (χ4v) is 2.21. The predicted molar refractivity (Wildman–Crippen MR) is 79.4 cm³/mol. The van der Waals surface area contributed by atoms with Gasteiger partial charge in [-0.05, 0) is 61.7 Å². The van der Waals surface area contributed by atoms with E-state index in [0.29, 0.717) is 11.8 Å². The van der Waals surface area contributed by atoms with E-state index < -0.39 is 0 Å². The lowest BCUT2D eigenvalue weighted by Crippen LogP contribution is -2.29. The zero-order valence-electron chi connectivity index (χ0n) is 11.6. The fraction of sp³-hybridized carbons (Fsp3) is 0.294. The summed E-state index contributed by atoms with van der Waals surface area (Å²) in [4.78, 5) is 0. The van der Waals surface area contributed by atoms with Crippen LogP contribution in [0, 0.1) is 5.82 Å². The smallest absolute Gasteiger partial charge is 0.123 e. The van der Waals surface area contributed by atoms with Crippen molar-refractivity contribution in [2.75, 3.05) is 6.54 Å². The Bertz CT molecular complexity index is 539. The van der Waals surface area contributed by atoms with Crippen molar-refractivity contribution in [1.82, 2.24) is 5.32 Å². The second-order valence-corrected chi connectivity index (χ2v) is 5.11. The van der Waals surface area contributed by atoms with Crippen LogP contribution in [0.4, 0.5) is 4.39 Å². The third kappa shape index (κ3) is 4.67. The summed E-state index contributed by atoms with van der Waals surface area (Å²) < 4.78 is 13.0. The second kappa shape index (κ2) is 7.06. The van der Waals surface area contributed by atoms with Crippen LogP contribution in [0.25, 0.3) is 0 Å². The maximum atomic E-state index is 13.0. The number of phenols is 1. The van der Waals surface area contributed by atoms with Crippen molar-refractivity contribution in [3.8, 4) is 5.75 Å². The van der Waals surface area contributed by atoms with E-state index in [-0.39, 0.29) is 5.82 Å². The van der Waals surface area contributed by atoms with E-state index in [2.05, 4.69) is 12.2 Å². The number of aromatic hydroxyl groups is 1. The van der Waals surface area contributed by atoms with Crippen LogP contribution in [-0.4, -0.2) is 17.7 Å². The van der Waals surface area contributed by atoms with Crippen molar-refractivity contribution in [3.63, 3.8) is 0 Å². The molecule has 2 nitrogen and oxygen atoms in total. The molecular weight excluding hydrogens is 253 g/mol. The van der Waals surface area contributed by atoms with Crippen molar-refractivity contribution in [3.05, 3.63) is 65.5 Å². The zero-order chi connectivity index (χ0) is 14.4. The summed E-state index contributed by atoms with van der Waals surface area (Å²) in [5.74, 6) is 0.111. The highest BCUT2D eigenvalue weighted by atomic mass is 19.1. The molecule has 0 bridgehead atoms. The zero-order valence-corrected chi connectivity index (χ0v) is 11.6. The van der Waals surface area contributed by atoms with Gasteiger partial charge in [-0.15, -0.1) is 0 Å². The third-order valence-electron chi connectivity index (χ3n) is 3.27. The number of hydrogen-bond donors (Lipinski definition) is 2. The molecule has 106 valence electrons. The standard InChI is InChI=1S/C17H20FNO/c1-13(11-15-5-7-17(20)8-6-15)19-10-9-14-3-2-4-16(18)12-14/h2-8,12-13,19-20H,9-11H2,1H3. The predicted octanol–water partition coefficient (Wildman–Crippen LogP) is 3.29. The van der Waals surface area contributed by atoms with Crippen LogP contribution < -0.4 is 5.32 Å². The van der Waals surface area contributed by atoms with E-state index in [1.807, 2.05) is 18.2 Å². The average Bonchev–Trinajstić information content (AvgIpc) is 2.41. The van der Waals surface area contributed by atoms with Crippen LogP contribution in [0.15, 0.2) is 48.5 Å². The van der Waals surface area contributed by atoms with Gasteiger partial charge in [-0.2, -0.15) is 0 Å². The third-order valence-corrected chi connectivity index (χ3v) is 3.27. The van der Waals surface area contributed by atoms with E-state index in [0.717, 1.165) is 24.9 Å². The largest absolute Gasteiger partial charge is 0.508 e. The Morgan fingerprint density at radius 3 is 2.55 bits per heavy atom. The number of phenolic OH excluding ortho intramolecular Hbond substituents is 1. The summed E-state index contributed by atoms with van der Waals surface area (Å²) in [6, 6.07) is 14.3. The minimum atomic E-state index is -0.181. The summed E-state index contributed by atoms with van der Waals surface area (Å²) >= 11 is 0. The van der Waals surface area contributed by atoms with E-state index in [1.54, 1.807) is 24.3 Å². The molecule has 0 heterocycles. The molecule has 0 aliphatic carbocycles. The molecule has 0 aliphatic heterocycles. The number of nitrogens with one attached hydrogen (secondary N) is 1. The highest BCUT2D eigenvalue weighted by Crippen LogP contribution is 2.11. The molecule has 0 radical (unpaired) electrons. The lowest BCUT2D eigenvalue weighted by molar-refractivity contribution is 0.474. The highest BCUT2D eigenvalue weighted by Gasteiger charge is 2.03. The first kappa shape index (κ1) is 14.5. The number of halogens is 1. The van der Waals surface area contributed by atoms with Gasteiger partial charge < -0.3 is 10.4 Å². The molecule has 0 fully saturated rings. The van der Waals surface area contributed by atoms with E-state index in [9.17, 15) is 9.50 Å². The maximum absolute atomic E-state index is 13.0. The minimum Gasteiger partial charge on any atom is -0.508 e. The Hall–Kier alpha value is -1.87. The number of benzene rings is 2. The lowest BCUT2D eigenvalue weighted by Gasteiger charge is -2.14. The highest BCUT2D eigenvalue weighted by molar-refractivity contribution is 5.26. The topological polar surface area (TPSA) is 32.3 Å². The Morgan fingerprint density at radius 1 is 1.10 bits per heavy atom. The first-order valence-electron chi connectivity index (χ1n) is 6.89. The molecule has 0 amide bonds. The van der Waals surface area contributed by atoms with Crippen LogP contribution in [0.1, 0.15) is 18.1 Å². The normalized spacial score (nSPS) is 12.3. The lowest BCUT2D eigenvalue weighted by atomic mass is 10.1. The van der Waals surface area contributed by atoms with Crippen molar-refractivity contribution in [1.29, 1.82) is 0 Å². The monoisotopic (exact) mass is 273 g/mol. The maximum Gasteiger partial charge on any atom is 0.123 e. The molecular formula is C17H20FNO. The second-order valence-electron chi connectivity index (χ2n) is 5.11. The quantitative estimate of drug-likeness (QED) is 0.846. The van der Waals surface area contributed by atoms with Gasteiger partial charge in [-0.3, -0.25) is 0 Å². The fourth-order valence-electron chi connectivity index (χ4n) is 2.21. The molecule has 2 aromatic carbocycles. The van der Waals surface area contributed by atoms with Gasteiger partial charge in [0.15, 0.2) is 0 Å². The van der Waals surface area contributed by atoms with Crippen LogP contribution >= 0.6 is 0 Å². The molecule has 3 heteroatoms. The van der Waals surface area contributed by atoms with Gasteiger partial charge in [0, 0.05) is 6.04 Å². The Balaban J connectivity index is 1.75. The summed E-state index contributed by atoms with van der Waals surface area (Å²) in [7, 11) is 0. The van der Waals surface area contributed by atoms with Gasteiger partial charge in [0.25, 0.3) is 0 Å². The molecule has 2 N–H and O–H groups in total. The summed E-state index contributed by atoms with van der Waals surface area (Å²) in [5.41, 5.74) is 2.20. The van der Waals surface area contributed by atoms with Crippen molar-refractivity contribution in [2.24, 2.45) is 0 Å². The molecule has 2 rings (SSSR count). The van der Waals surface area contributed by atoms with Gasteiger partial charge in [-0.1, -0.05) is 24.3 Å². The first-order chi connectivity index (χ1) is 9.63. The SMILES string of the molecule is CC(Cc1ccc(O)cc1)NCCc1cccc(F)c1. The molecule has 0 saturated heterocycles. The molecule has 20 heavy (non-hydrogen) atoms. The number of hydrogen-bond acceptors (Lipinski definition) is 2. The van der Waals surface area contributed by atoms with Crippen LogP contribution in [0.5, 0.6) is 5.75 Å². The first-order valence-corrected chi connectivity index (χ1v) is 6.89.